The zero-order chi connectivity index (χ0) is 11.8. The van der Waals surface area contributed by atoms with Crippen LogP contribution in [0.25, 0.3) is 0 Å². The van der Waals surface area contributed by atoms with Crippen LogP contribution in [-0.4, -0.2) is 48.2 Å². The zero-order valence-electron chi connectivity index (χ0n) is 10.2. The lowest BCUT2D eigenvalue weighted by Crippen LogP contribution is -2.38. The Hall–Kier alpha value is -0.810. The summed E-state index contributed by atoms with van der Waals surface area (Å²) in [6.07, 6.45) is 4.26. The number of hydrogen-bond donors (Lipinski definition) is 3. The van der Waals surface area contributed by atoms with Crippen molar-refractivity contribution in [2.45, 2.75) is 38.6 Å². The molecule has 0 aromatic carbocycles. The molecule has 94 valence electrons. The molecule has 1 atom stereocenters. The van der Waals surface area contributed by atoms with Crippen LogP contribution < -0.4 is 11.1 Å². The van der Waals surface area contributed by atoms with Crippen molar-refractivity contribution in [3.8, 4) is 0 Å². The van der Waals surface area contributed by atoms with Crippen molar-refractivity contribution in [2.24, 2.45) is 10.9 Å². The van der Waals surface area contributed by atoms with E-state index >= 15 is 0 Å². The summed E-state index contributed by atoms with van der Waals surface area (Å²) in [5.74, 6) is 0.314. The Morgan fingerprint density at radius 3 is 2.81 bits per heavy atom. The van der Waals surface area contributed by atoms with Gasteiger partial charge in [0.25, 0.3) is 0 Å². The highest BCUT2D eigenvalue weighted by Gasteiger charge is 2.16. The summed E-state index contributed by atoms with van der Waals surface area (Å²) in [5, 5.41) is 14.7. The highest BCUT2D eigenvalue weighted by molar-refractivity contribution is 5.79. The normalized spacial score (nSPS) is 20.2. The van der Waals surface area contributed by atoms with E-state index in [-0.39, 0.29) is 0 Å². The highest BCUT2D eigenvalue weighted by Crippen LogP contribution is 2.10. The van der Waals surface area contributed by atoms with E-state index < -0.39 is 0 Å². The maximum atomic E-state index is 8.36. The first-order chi connectivity index (χ1) is 7.74. The summed E-state index contributed by atoms with van der Waals surface area (Å²) in [6, 6.07) is 0.617. The van der Waals surface area contributed by atoms with Gasteiger partial charge in [-0.05, 0) is 45.8 Å². The van der Waals surface area contributed by atoms with Crippen molar-refractivity contribution in [1.82, 2.24) is 10.2 Å². The predicted molar refractivity (Wildman–Crippen MR) is 65.8 cm³/mol. The second-order valence-electron chi connectivity index (χ2n) is 4.49. The van der Waals surface area contributed by atoms with E-state index in [9.17, 15) is 0 Å². The Morgan fingerprint density at radius 2 is 2.19 bits per heavy atom. The smallest absolute Gasteiger partial charge is 0.139 e. The number of nitrogens with two attached hydrogens (primary N) is 1. The van der Waals surface area contributed by atoms with Crippen molar-refractivity contribution in [2.75, 3.05) is 26.2 Å². The molecule has 0 aromatic heterocycles. The molecule has 0 spiro atoms. The van der Waals surface area contributed by atoms with E-state index in [0.29, 0.717) is 18.3 Å². The number of hydrogen-bond acceptors (Lipinski definition) is 4. The van der Waals surface area contributed by atoms with Crippen LogP contribution in [0.4, 0.5) is 0 Å². The van der Waals surface area contributed by atoms with Gasteiger partial charge in [-0.2, -0.15) is 0 Å². The van der Waals surface area contributed by atoms with Gasteiger partial charge in [-0.15, -0.1) is 0 Å². The lowest BCUT2D eigenvalue weighted by molar-refractivity contribution is 0.252. The van der Waals surface area contributed by atoms with Gasteiger partial charge in [0, 0.05) is 19.0 Å². The number of amidine groups is 1. The minimum Gasteiger partial charge on any atom is -0.409 e. The summed E-state index contributed by atoms with van der Waals surface area (Å²) in [7, 11) is 0. The number of rotatable bonds is 7. The first-order valence-corrected chi connectivity index (χ1v) is 6.15. The summed E-state index contributed by atoms with van der Waals surface area (Å²) in [6.45, 7) is 6.70. The molecule has 0 amide bonds. The molecule has 4 N–H and O–H groups in total. The molecule has 1 rings (SSSR count). The van der Waals surface area contributed by atoms with Crippen LogP contribution in [0.15, 0.2) is 5.16 Å². The Bertz CT molecular complexity index is 214. The molecule has 5 nitrogen and oxygen atoms in total. The van der Waals surface area contributed by atoms with Crippen LogP contribution in [0.5, 0.6) is 0 Å². The zero-order valence-corrected chi connectivity index (χ0v) is 10.2. The molecule has 1 aliphatic heterocycles. The highest BCUT2D eigenvalue weighted by atomic mass is 16.4. The number of likely N-dealkylation sites (tertiary alicyclic amines) is 1. The Morgan fingerprint density at radius 1 is 1.50 bits per heavy atom. The Labute approximate surface area is 97.7 Å². The third kappa shape index (κ3) is 4.81. The van der Waals surface area contributed by atoms with E-state index in [1.54, 1.807) is 0 Å². The van der Waals surface area contributed by atoms with Crippen LogP contribution >= 0.6 is 0 Å². The fourth-order valence-electron chi connectivity index (χ4n) is 2.07. The average molecular weight is 228 g/mol. The fraction of sp³-hybridized carbons (Fsp3) is 0.909. The number of nitrogens with zero attached hydrogens (tertiary/aromatic N) is 2. The second kappa shape index (κ2) is 7.46. The van der Waals surface area contributed by atoms with Crippen LogP contribution in [0.2, 0.25) is 0 Å². The molecule has 1 heterocycles. The monoisotopic (exact) mass is 228 g/mol. The SMILES string of the molecule is CC(CNCCCC(N)=NO)N1CCCC1. The van der Waals surface area contributed by atoms with Crippen molar-refractivity contribution in [1.29, 1.82) is 0 Å². The van der Waals surface area contributed by atoms with Crippen LogP contribution in [0.3, 0.4) is 0 Å². The molecule has 1 aliphatic rings. The van der Waals surface area contributed by atoms with Gasteiger partial charge < -0.3 is 16.3 Å². The van der Waals surface area contributed by atoms with E-state index in [1.807, 2.05) is 0 Å². The van der Waals surface area contributed by atoms with E-state index in [0.717, 1.165) is 19.5 Å². The summed E-state index contributed by atoms with van der Waals surface area (Å²) in [5.41, 5.74) is 5.38. The van der Waals surface area contributed by atoms with Crippen molar-refractivity contribution in [3.63, 3.8) is 0 Å². The molecule has 5 heteroatoms. The molecule has 0 aliphatic carbocycles. The van der Waals surface area contributed by atoms with Gasteiger partial charge >= 0.3 is 0 Å². The van der Waals surface area contributed by atoms with Gasteiger partial charge in [-0.3, -0.25) is 4.90 Å². The van der Waals surface area contributed by atoms with Gasteiger partial charge in [0.05, 0.1) is 0 Å². The minimum absolute atomic E-state index is 0.314. The predicted octanol–water partition coefficient (Wildman–Crippen LogP) is 0.587. The molecule has 1 saturated heterocycles. The molecule has 1 unspecified atom stereocenters. The topological polar surface area (TPSA) is 73.9 Å². The van der Waals surface area contributed by atoms with Crippen molar-refractivity contribution < 1.29 is 5.21 Å². The third-order valence-electron chi connectivity index (χ3n) is 3.12. The molecular weight excluding hydrogens is 204 g/mol. The number of nitrogens with one attached hydrogen (secondary N) is 1. The maximum Gasteiger partial charge on any atom is 0.139 e. The lowest BCUT2D eigenvalue weighted by atomic mass is 10.2. The third-order valence-corrected chi connectivity index (χ3v) is 3.12. The van der Waals surface area contributed by atoms with Crippen LogP contribution in [-0.2, 0) is 0 Å². The Kier molecular flexibility index (Phi) is 6.18. The molecule has 0 aromatic rings. The van der Waals surface area contributed by atoms with Gasteiger partial charge in [-0.25, -0.2) is 0 Å². The molecule has 1 fully saturated rings. The van der Waals surface area contributed by atoms with Crippen LogP contribution in [0.1, 0.15) is 32.6 Å². The molecule has 0 radical (unpaired) electrons. The molecular formula is C11H24N4O. The summed E-state index contributed by atoms with van der Waals surface area (Å²) in [4.78, 5) is 2.52. The summed E-state index contributed by atoms with van der Waals surface area (Å²) < 4.78 is 0. The summed E-state index contributed by atoms with van der Waals surface area (Å²) >= 11 is 0. The van der Waals surface area contributed by atoms with E-state index in [4.69, 9.17) is 10.9 Å². The molecule has 16 heavy (non-hydrogen) atoms. The van der Waals surface area contributed by atoms with Crippen molar-refractivity contribution >= 4 is 5.84 Å². The minimum atomic E-state index is 0.314. The largest absolute Gasteiger partial charge is 0.409 e. The van der Waals surface area contributed by atoms with Gasteiger partial charge in [0.1, 0.15) is 5.84 Å². The second-order valence-corrected chi connectivity index (χ2v) is 4.49. The van der Waals surface area contributed by atoms with Gasteiger partial charge in [0.15, 0.2) is 0 Å². The Balaban J connectivity index is 1.98. The van der Waals surface area contributed by atoms with Gasteiger partial charge in [-0.1, -0.05) is 5.16 Å². The van der Waals surface area contributed by atoms with E-state index in [1.165, 1.54) is 25.9 Å². The molecule has 0 bridgehead atoms. The van der Waals surface area contributed by atoms with Crippen LogP contribution in [0, 0.1) is 0 Å². The first-order valence-electron chi connectivity index (χ1n) is 6.15. The first kappa shape index (κ1) is 13.3. The lowest BCUT2D eigenvalue weighted by Gasteiger charge is -2.23. The standard InChI is InChI=1S/C11H24N4O/c1-10(15-7-2-3-8-15)9-13-6-4-5-11(12)14-16/h10,13,16H,2-9H2,1H3,(H2,12,14). The van der Waals surface area contributed by atoms with Crippen molar-refractivity contribution in [3.05, 3.63) is 0 Å². The van der Waals surface area contributed by atoms with E-state index in [2.05, 4.69) is 22.3 Å². The average Bonchev–Trinajstić information content (AvgIpc) is 2.81. The molecule has 0 saturated carbocycles. The van der Waals surface area contributed by atoms with Gasteiger partial charge in [0.2, 0.25) is 0 Å². The quantitative estimate of drug-likeness (QED) is 0.196. The number of oxime groups is 1. The maximum absolute atomic E-state index is 8.36. The fourth-order valence-corrected chi connectivity index (χ4v) is 2.07.